The summed E-state index contributed by atoms with van der Waals surface area (Å²) in [4.78, 5) is 75.0. The third kappa shape index (κ3) is 6.56. The number of carbonyl (C=O) groups excluding carboxylic acids is 6. The zero-order chi connectivity index (χ0) is 25.2. The molecule has 0 spiro atoms. The molecular formula is C23H31NO9. The first-order valence-corrected chi connectivity index (χ1v) is 10.9. The highest BCUT2D eigenvalue weighted by atomic mass is 16.5. The molecule has 2 radical (unpaired) electrons. The van der Waals surface area contributed by atoms with E-state index in [4.69, 9.17) is 0 Å². The van der Waals surface area contributed by atoms with Crippen molar-refractivity contribution in [3.8, 4) is 0 Å². The molecule has 182 valence electrons. The molecule has 1 rings (SSSR count). The van der Waals surface area contributed by atoms with E-state index in [9.17, 15) is 33.9 Å². The summed E-state index contributed by atoms with van der Waals surface area (Å²) in [5.74, 6) is -6.42. The van der Waals surface area contributed by atoms with Gasteiger partial charge in [0.25, 0.3) is 0 Å². The number of hydrogen-bond donors (Lipinski definition) is 2. The third-order valence-corrected chi connectivity index (χ3v) is 5.09. The van der Waals surface area contributed by atoms with Gasteiger partial charge in [0.2, 0.25) is 11.6 Å². The molecule has 0 unspecified atom stereocenters. The third-order valence-electron chi connectivity index (χ3n) is 5.09. The van der Waals surface area contributed by atoms with E-state index in [0.29, 0.717) is 18.8 Å². The van der Waals surface area contributed by atoms with Gasteiger partial charge in [0.1, 0.15) is 5.41 Å². The van der Waals surface area contributed by atoms with E-state index in [0.717, 1.165) is 0 Å². The van der Waals surface area contributed by atoms with Crippen LogP contribution in [0.4, 0.5) is 0 Å². The molecule has 0 fully saturated rings. The lowest BCUT2D eigenvalue weighted by molar-refractivity contribution is -0.157. The highest BCUT2D eigenvalue weighted by Gasteiger charge is 2.57. The minimum atomic E-state index is -2.06. The number of carbonyl (C=O) groups is 6. The Balaban J connectivity index is 3.48. The second kappa shape index (κ2) is 13.0. The van der Waals surface area contributed by atoms with Gasteiger partial charge in [0.15, 0.2) is 11.6 Å². The van der Waals surface area contributed by atoms with Crippen LogP contribution in [0, 0.1) is 17.4 Å². The predicted molar refractivity (Wildman–Crippen MR) is 115 cm³/mol. The van der Waals surface area contributed by atoms with E-state index in [1.165, 1.54) is 19.9 Å². The van der Waals surface area contributed by atoms with Crippen molar-refractivity contribution in [3.05, 3.63) is 23.8 Å². The van der Waals surface area contributed by atoms with Crippen molar-refractivity contribution in [2.45, 2.75) is 59.8 Å². The van der Waals surface area contributed by atoms with Crippen LogP contribution in [-0.2, 0) is 38.2 Å². The highest BCUT2D eigenvalue weighted by molar-refractivity contribution is 6.40. The number of ether oxygens (including phenoxy) is 2. The van der Waals surface area contributed by atoms with Crippen molar-refractivity contribution < 1.29 is 43.3 Å². The normalized spacial score (nSPS) is 15.9. The molecule has 0 bridgehead atoms. The minimum absolute atomic E-state index is 0.0650. The van der Waals surface area contributed by atoms with Crippen molar-refractivity contribution in [1.29, 1.82) is 0 Å². The maximum Gasteiger partial charge on any atom is 0.375 e. The van der Waals surface area contributed by atoms with Gasteiger partial charge in [-0.3, -0.25) is 19.2 Å². The van der Waals surface area contributed by atoms with Gasteiger partial charge < -0.3 is 19.9 Å². The van der Waals surface area contributed by atoms with E-state index in [1.807, 2.05) is 6.92 Å². The van der Waals surface area contributed by atoms with Crippen molar-refractivity contribution in [3.63, 3.8) is 0 Å². The van der Waals surface area contributed by atoms with E-state index in [2.05, 4.69) is 14.8 Å². The van der Waals surface area contributed by atoms with Crippen LogP contribution >= 0.6 is 0 Å². The Bertz CT molecular complexity index is 771. The van der Waals surface area contributed by atoms with Gasteiger partial charge in [0, 0.05) is 0 Å². The summed E-state index contributed by atoms with van der Waals surface area (Å²) in [5, 5.41) is 13.4. The highest BCUT2D eigenvalue weighted by Crippen LogP contribution is 2.49. The maximum atomic E-state index is 13.4. The zero-order valence-corrected chi connectivity index (χ0v) is 19.4. The summed E-state index contributed by atoms with van der Waals surface area (Å²) in [6.07, 6.45) is -0.111. The van der Waals surface area contributed by atoms with Gasteiger partial charge >= 0.3 is 11.9 Å². The fourth-order valence-electron chi connectivity index (χ4n) is 3.62. The first-order valence-electron chi connectivity index (χ1n) is 10.9. The minimum Gasteiger partial charge on any atom is -0.512 e. The lowest BCUT2D eigenvalue weighted by atomic mass is 9.60. The molecule has 0 atom stereocenters. The molecule has 33 heavy (non-hydrogen) atoms. The van der Waals surface area contributed by atoms with Crippen LogP contribution in [-0.4, -0.2) is 59.9 Å². The van der Waals surface area contributed by atoms with Gasteiger partial charge in [0.05, 0.1) is 43.8 Å². The summed E-state index contributed by atoms with van der Waals surface area (Å²) in [6.45, 7) is 6.65. The Morgan fingerprint density at radius 2 is 1.39 bits per heavy atom. The van der Waals surface area contributed by atoms with E-state index in [1.54, 1.807) is 6.92 Å². The van der Waals surface area contributed by atoms with Crippen LogP contribution in [0.5, 0.6) is 0 Å². The SMILES string of the molecule is CCC[C]1[C](NCC)C(C(=O)CC(=O)C(=O)OCC)(C(=O)CC(=O)C(=O)OCC)CC=C1O. The number of Topliss-reactive ketones (excluding diaryl/α,β-unsaturated/α-hetero) is 4. The number of nitrogens with one attached hydrogen (secondary N) is 1. The Hall–Kier alpha value is -2.88. The zero-order valence-electron chi connectivity index (χ0n) is 19.4. The Labute approximate surface area is 193 Å². The number of allylic oxidation sites excluding steroid dienone is 1. The Kier molecular flexibility index (Phi) is 11.1. The maximum absolute atomic E-state index is 13.4. The second-order valence-electron chi connectivity index (χ2n) is 7.32. The Morgan fingerprint density at radius 1 is 0.909 bits per heavy atom. The number of esters is 2. The topological polar surface area (TPSA) is 153 Å². The summed E-state index contributed by atoms with van der Waals surface area (Å²) in [5.41, 5.74) is -2.06. The first kappa shape index (κ1) is 28.2. The largest absolute Gasteiger partial charge is 0.512 e. The van der Waals surface area contributed by atoms with E-state index in [-0.39, 0.29) is 38.0 Å². The smallest absolute Gasteiger partial charge is 0.375 e. The molecule has 0 saturated heterocycles. The molecule has 0 aliphatic heterocycles. The second-order valence-corrected chi connectivity index (χ2v) is 7.32. The van der Waals surface area contributed by atoms with Gasteiger partial charge in [-0.15, -0.1) is 0 Å². The summed E-state index contributed by atoms with van der Waals surface area (Å²) < 4.78 is 9.28. The molecule has 0 aromatic carbocycles. The fraction of sp³-hybridized carbons (Fsp3) is 0.565. The molecule has 1 aliphatic carbocycles. The molecule has 1 aliphatic rings. The molecule has 0 aromatic heterocycles. The standard InChI is InChI=1S/C23H31NO9/c1-5-9-14-15(25)10-11-23(20(14)24-6-2,18(28)12-16(26)21(30)32-7-3)19(29)13-17(27)22(31)33-8-4/h10,24-25H,5-9,11-13H2,1-4H3. The van der Waals surface area contributed by atoms with Crippen LogP contribution < -0.4 is 5.32 Å². The molecule has 2 N–H and O–H groups in total. The lowest BCUT2D eigenvalue weighted by Crippen LogP contribution is -2.55. The molecule has 0 aromatic rings. The fourth-order valence-corrected chi connectivity index (χ4v) is 3.62. The van der Waals surface area contributed by atoms with Crippen LogP contribution in [0.2, 0.25) is 0 Å². The van der Waals surface area contributed by atoms with Crippen molar-refractivity contribution >= 4 is 35.1 Å². The number of rotatable bonds is 14. The van der Waals surface area contributed by atoms with E-state index < -0.39 is 53.3 Å². The number of aliphatic hydroxyl groups is 1. The van der Waals surface area contributed by atoms with Crippen LogP contribution in [0.1, 0.15) is 59.8 Å². The summed E-state index contributed by atoms with van der Waals surface area (Å²) in [7, 11) is 0. The Morgan fingerprint density at radius 3 is 1.79 bits per heavy atom. The molecule has 0 saturated carbocycles. The molecule has 0 heterocycles. The summed E-state index contributed by atoms with van der Waals surface area (Å²) in [6, 6.07) is 0.0650. The molecular weight excluding hydrogens is 434 g/mol. The van der Waals surface area contributed by atoms with Gasteiger partial charge in [-0.25, -0.2) is 9.59 Å². The van der Waals surface area contributed by atoms with Crippen LogP contribution in [0.25, 0.3) is 0 Å². The van der Waals surface area contributed by atoms with E-state index >= 15 is 0 Å². The van der Waals surface area contributed by atoms with Gasteiger partial charge in [-0.05, 0) is 39.3 Å². The first-order chi connectivity index (χ1) is 15.6. The lowest BCUT2D eigenvalue weighted by Gasteiger charge is -2.43. The monoisotopic (exact) mass is 465 g/mol. The molecule has 0 amide bonds. The van der Waals surface area contributed by atoms with Crippen LogP contribution in [0.15, 0.2) is 11.8 Å². The average Bonchev–Trinajstić information content (AvgIpc) is 2.76. The predicted octanol–water partition coefficient (Wildman–Crippen LogP) is 1.52. The number of hydrogen-bond acceptors (Lipinski definition) is 10. The quantitative estimate of drug-likeness (QED) is 0.219. The average molecular weight is 465 g/mol. The van der Waals surface area contributed by atoms with Gasteiger partial charge in [-0.1, -0.05) is 20.3 Å². The van der Waals surface area contributed by atoms with Crippen molar-refractivity contribution in [2.75, 3.05) is 19.8 Å². The van der Waals surface area contributed by atoms with Crippen molar-refractivity contribution in [1.82, 2.24) is 5.32 Å². The number of ketones is 4. The summed E-state index contributed by atoms with van der Waals surface area (Å²) >= 11 is 0. The van der Waals surface area contributed by atoms with Crippen LogP contribution in [0.3, 0.4) is 0 Å². The van der Waals surface area contributed by atoms with Gasteiger partial charge in [-0.2, -0.15) is 0 Å². The number of aliphatic hydroxyl groups excluding tert-OH is 1. The molecule has 10 heteroatoms. The van der Waals surface area contributed by atoms with Crippen molar-refractivity contribution in [2.24, 2.45) is 5.41 Å². The molecule has 10 nitrogen and oxygen atoms in total.